The molecule has 1 fully saturated rings. The van der Waals surface area contributed by atoms with E-state index in [4.69, 9.17) is 4.74 Å². The molecule has 0 saturated carbocycles. The Morgan fingerprint density at radius 1 is 1.22 bits per heavy atom. The molecule has 1 aliphatic heterocycles. The molecule has 1 amide bonds. The zero-order valence-electron chi connectivity index (χ0n) is 15.5. The molecule has 144 valence electrons. The molecule has 1 atom stereocenters. The van der Waals surface area contributed by atoms with Gasteiger partial charge in [0.1, 0.15) is 11.8 Å². The van der Waals surface area contributed by atoms with E-state index < -0.39 is 16.1 Å². The number of carbonyl (C=O) groups is 1. The van der Waals surface area contributed by atoms with E-state index in [0.717, 1.165) is 5.56 Å². The molecule has 27 heavy (non-hydrogen) atoms. The fraction of sp³-hybridized carbons (Fsp3) is 0.350. The lowest BCUT2D eigenvalue weighted by molar-refractivity contribution is -0.124. The van der Waals surface area contributed by atoms with E-state index in [2.05, 4.69) is 5.32 Å². The average molecular weight is 388 g/mol. The van der Waals surface area contributed by atoms with Gasteiger partial charge in [0.2, 0.25) is 15.9 Å². The Labute approximate surface area is 160 Å². The first kappa shape index (κ1) is 19.4. The maximum absolute atomic E-state index is 13.1. The molecule has 1 heterocycles. The van der Waals surface area contributed by atoms with Crippen LogP contribution < -0.4 is 10.1 Å². The topological polar surface area (TPSA) is 75.7 Å². The molecule has 0 radical (unpaired) electrons. The number of nitrogens with one attached hydrogen (secondary N) is 1. The summed E-state index contributed by atoms with van der Waals surface area (Å²) >= 11 is 0. The minimum absolute atomic E-state index is 0.214. The second-order valence-electron chi connectivity index (χ2n) is 6.61. The van der Waals surface area contributed by atoms with Crippen molar-refractivity contribution in [3.8, 4) is 5.75 Å². The number of carbonyl (C=O) groups excluding carboxylic acids is 1. The molecule has 1 aliphatic rings. The van der Waals surface area contributed by atoms with Gasteiger partial charge in [-0.1, -0.05) is 30.3 Å². The van der Waals surface area contributed by atoms with Crippen LogP contribution in [0.5, 0.6) is 5.75 Å². The zero-order chi connectivity index (χ0) is 19.4. The van der Waals surface area contributed by atoms with Crippen LogP contribution in [0.1, 0.15) is 24.0 Å². The summed E-state index contributed by atoms with van der Waals surface area (Å²) in [6.07, 6.45) is 1.19. The first-order valence-electron chi connectivity index (χ1n) is 8.91. The van der Waals surface area contributed by atoms with Crippen molar-refractivity contribution in [3.63, 3.8) is 0 Å². The maximum atomic E-state index is 13.1. The summed E-state index contributed by atoms with van der Waals surface area (Å²) < 4.78 is 32.8. The molecule has 0 unspecified atom stereocenters. The van der Waals surface area contributed by atoms with Crippen molar-refractivity contribution in [2.24, 2.45) is 0 Å². The van der Waals surface area contributed by atoms with Crippen molar-refractivity contribution in [2.75, 3.05) is 13.7 Å². The van der Waals surface area contributed by atoms with Crippen LogP contribution in [-0.4, -0.2) is 38.3 Å². The second-order valence-corrected chi connectivity index (χ2v) is 8.47. The van der Waals surface area contributed by atoms with Crippen LogP contribution in [0.15, 0.2) is 53.4 Å². The highest BCUT2D eigenvalue weighted by Crippen LogP contribution is 2.29. The number of ether oxygens (including phenoxy) is 1. The third kappa shape index (κ3) is 4.14. The van der Waals surface area contributed by atoms with Gasteiger partial charge in [-0.05, 0) is 49.1 Å². The van der Waals surface area contributed by atoms with Crippen molar-refractivity contribution < 1.29 is 17.9 Å². The van der Waals surface area contributed by atoms with Crippen molar-refractivity contribution >= 4 is 15.9 Å². The van der Waals surface area contributed by atoms with Gasteiger partial charge in [0.15, 0.2) is 0 Å². The largest absolute Gasteiger partial charge is 0.497 e. The molecular weight excluding hydrogens is 364 g/mol. The number of amides is 1. The zero-order valence-corrected chi connectivity index (χ0v) is 16.3. The number of benzene rings is 2. The number of aryl methyl sites for hydroxylation is 1. The van der Waals surface area contributed by atoms with Crippen molar-refractivity contribution in [2.45, 2.75) is 37.2 Å². The van der Waals surface area contributed by atoms with Gasteiger partial charge in [0, 0.05) is 13.1 Å². The summed E-state index contributed by atoms with van der Waals surface area (Å²) in [4.78, 5) is 12.9. The Hall–Kier alpha value is -2.38. The molecular formula is C20H24N2O4S. The summed E-state index contributed by atoms with van der Waals surface area (Å²) in [5, 5.41) is 2.86. The minimum atomic E-state index is -3.75. The van der Waals surface area contributed by atoms with Crippen LogP contribution in [0.25, 0.3) is 0 Å². The van der Waals surface area contributed by atoms with E-state index >= 15 is 0 Å². The quantitative estimate of drug-likeness (QED) is 0.825. The summed E-state index contributed by atoms with van der Waals surface area (Å²) in [6, 6.07) is 13.7. The van der Waals surface area contributed by atoms with Gasteiger partial charge in [-0.2, -0.15) is 4.31 Å². The number of methoxy groups -OCH3 is 1. The van der Waals surface area contributed by atoms with Gasteiger partial charge < -0.3 is 10.1 Å². The van der Waals surface area contributed by atoms with Gasteiger partial charge in [-0.15, -0.1) is 0 Å². The standard InChI is InChI=1S/C20H24N2O4S/c1-15-13-17(26-2)10-11-19(15)27(24,25)22-12-6-9-18(22)20(23)21-14-16-7-4-3-5-8-16/h3-5,7-8,10-11,13,18H,6,9,12,14H2,1-2H3,(H,21,23)/t18-/m0/s1. The smallest absolute Gasteiger partial charge is 0.244 e. The lowest BCUT2D eigenvalue weighted by Crippen LogP contribution is -2.45. The third-order valence-electron chi connectivity index (χ3n) is 4.78. The summed E-state index contributed by atoms with van der Waals surface area (Å²) in [5.74, 6) is 0.344. The highest BCUT2D eigenvalue weighted by Gasteiger charge is 2.39. The first-order chi connectivity index (χ1) is 12.9. The monoisotopic (exact) mass is 388 g/mol. The second kappa shape index (κ2) is 8.10. The Morgan fingerprint density at radius 2 is 1.96 bits per heavy atom. The Balaban J connectivity index is 1.77. The average Bonchev–Trinajstić information content (AvgIpc) is 3.17. The van der Waals surface area contributed by atoms with E-state index in [-0.39, 0.29) is 10.8 Å². The number of nitrogens with zero attached hydrogens (tertiary/aromatic N) is 1. The fourth-order valence-electron chi connectivity index (χ4n) is 3.36. The van der Waals surface area contributed by atoms with Gasteiger partial charge >= 0.3 is 0 Å². The molecule has 2 aromatic rings. The Kier molecular flexibility index (Phi) is 5.82. The number of rotatable bonds is 6. The molecule has 1 N–H and O–H groups in total. The highest BCUT2D eigenvalue weighted by molar-refractivity contribution is 7.89. The van der Waals surface area contributed by atoms with Gasteiger partial charge in [-0.3, -0.25) is 4.79 Å². The van der Waals surface area contributed by atoms with E-state index in [0.29, 0.717) is 37.2 Å². The van der Waals surface area contributed by atoms with Crippen LogP contribution in [0.3, 0.4) is 0 Å². The van der Waals surface area contributed by atoms with Crippen LogP contribution in [0.4, 0.5) is 0 Å². The predicted molar refractivity (Wildman–Crippen MR) is 103 cm³/mol. The first-order valence-corrected chi connectivity index (χ1v) is 10.4. The van der Waals surface area contributed by atoms with E-state index in [1.807, 2.05) is 30.3 Å². The normalized spacial score (nSPS) is 17.6. The number of sulfonamides is 1. The third-order valence-corrected chi connectivity index (χ3v) is 6.85. The van der Waals surface area contributed by atoms with Gasteiger partial charge in [-0.25, -0.2) is 8.42 Å². The molecule has 0 bridgehead atoms. The van der Waals surface area contributed by atoms with Gasteiger partial charge in [0.05, 0.1) is 12.0 Å². The molecule has 0 aromatic heterocycles. The molecule has 3 rings (SSSR count). The van der Waals surface area contributed by atoms with Gasteiger partial charge in [0.25, 0.3) is 0 Å². The lowest BCUT2D eigenvalue weighted by atomic mass is 10.2. The van der Waals surface area contributed by atoms with Crippen LogP contribution in [0, 0.1) is 6.92 Å². The Bertz CT molecular complexity index is 913. The lowest BCUT2D eigenvalue weighted by Gasteiger charge is -2.24. The number of hydrogen-bond acceptors (Lipinski definition) is 4. The molecule has 7 heteroatoms. The molecule has 2 aromatic carbocycles. The molecule has 1 saturated heterocycles. The number of hydrogen-bond donors (Lipinski definition) is 1. The minimum Gasteiger partial charge on any atom is -0.497 e. The predicted octanol–water partition coefficient (Wildman–Crippen LogP) is 2.47. The summed E-state index contributed by atoms with van der Waals surface area (Å²) in [7, 11) is -2.22. The summed E-state index contributed by atoms with van der Waals surface area (Å²) in [5.41, 5.74) is 1.58. The molecule has 0 spiro atoms. The van der Waals surface area contributed by atoms with Crippen LogP contribution in [-0.2, 0) is 21.4 Å². The van der Waals surface area contributed by atoms with Crippen molar-refractivity contribution in [1.29, 1.82) is 0 Å². The summed E-state index contributed by atoms with van der Waals surface area (Å²) in [6.45, 7) is 2.46. The molecule has 0 aliphatic carbocycles. The van der Waals surface area contributed by atoms with Crippen LogP contribution in [0.2, 0.25) is 0 Å². The molecule has 6 nitrogen and oxygen atoms in total. The fourth-order valence-corrected chi connectivity index (χ4v) is 5.22. The highest BCUT2D eigenvalue weighted by atomic mass is 32.2. The SMILES string of the molecule is COc1ccc(S(=O)(=O)N2CCC[C@H]2C(=O)NCc2ccccc2)c(C)c1. The van der Waals surface area contributed by atoms with Crippen molar-refractivity contribution in [1.82, 2.24) is 9.62 Å². The van der Waals surface area contributed by atoms with E-state index in [1.165, 1.54) is 11.4 Å². The Morgan fingerprint density at radius 3 is 2.63 bits per heavy atom. The van der Waals surface area contributed by atoms with E-state index in [9.17, 15) is 13.2 Å². The van der Waals surface area contributed by atoms with Crippen molar-refractivity contribution in [3.05, 3.63) is 59.7 Å². The van der Waals surface area contributed by atoms with E-state index in [1.54, 1.807) is 25.1 Å². The van der Waals surface area contributed by atoms with Crippen LogP contribution >= 0.6 is 0 Å². The maximum Gasteiger partial charge on any atom is 0.244 e.